The number of benzene rings is 9. The maximum atomic E-state index is 14.3. The highest BCUT2D eigenvalue weighted by molar-refractivity contribution is 6.31. The molecule has 734 valence electrons. The summed E-state index contributed by atoms with van der Waals surface area (Å²) in [6, 6.07) is 57.5. The summed E-state index contributed by atoms with van der Waals surface area (Å²) in [5, 5.41) is 6.47. The molecular formula is C105H116Cl3FN16O15. The van der Waals surface area contributed by atoms with Gasteiger partial charge in [0.2, 0.25) is 0 Å². The minimum absolute atomic E-state index is 0.00826. The molecule has 17 rings (SSSR count). The summed E-state index contributed by atoms with van der Waals surface area (Å²) in [6.45, 7) is 25.0. The number of halogens is 4. The van der Waals surface area contributed by atoms with Gasteiger partial charge >= 0.3 is 0 Å². The van der Waals surface area contributed by atoms with E-state index in [-0.39, 0.29) is 89.7 Å². The number of likely N-dealkylation sites (N-methyl/N-ethyl adjacent to an activating group) is 1. The highest BCUT2D eigenvalue weighted by Gasteiger charge is 2.32. The zero-order chi connectivity index (χ0) is 98.6. The third-order valence-electron chi connectivity index (χ3n) is 24.6. The van der Waals surface area contributed by atoms with E-state index >= 15 is 0 Å². The summed E-state index contributed by atoms with van der Waals surface area (Å²) in [4.78, 5) is 154. The van der Waals surface area contributed by atoms with Crippen LogP contribution in [0.25, 0.3) is 49.8 Å². The summed E-state index contributed by atoms with van der Waals surface area (Å²) >= 11 is 17.8. The van der Waals surface area contributed by atoms with Crippen LogP contribution in [0.2, 0.25) is 15.1 Å². The molecule has 0 unspecified atom stereocenters. The number of fused-ring (bicyclic) bond motifs is 3. The molecule has 5 aliphatic rings. The summed E-state index contributed by atoms with van der Waals surface area (Å²) in [5.74, 6) is 3.59. The number of amides is 3. The van der Waals surface area contributed by atoms with Crippen LogP contribution >= 0.6 is 34.8 Å². The van der Waals surface area contributed by atoms with Crippen molar-refractivity contribution in [3.63, 3.8) is 0 Å². The molecule has 0 atom stereocenters. The van der Waals surface area contributed by atoms with Crippen LogP contribution in [0.15, 0.2) is 215 Å². The SMILES string of the molecule is CC(C)Oc1ccc(C(=O)CF)cc1-n1c(CN2CCN(C(=O)COc3ccc(Cl)cc3)CC2)nc2ccccc2c1=O.CC(C)Oc1ccc(C(=O)CN2CCN(C)CC2)cc1-n1c(CN2CCN(C(=O)COc3ccc(Cl)cc3)CC2)nc2ccccc2c1=O.CC(C)Oc1ccc(C(=O)CN2CCNCC2)cc1-n1c(CN2CCN(C(=O)COc3ccc(Cl)cc3)CC2)nc2ccccc2c1=O. The second-order valence-corrected chi connectivity index (χ2v) is 37.1. The Morgan fingerprint density at radius 2 is 0.629 bits per heavy atom. The molecule has 0 bridgehead atoms. The number of carbonyl (C=O) groups excluding carboxylic acids is 6. The summed E-state index contributed by atoms with van der Waals surface area (Å²) in [5.41, 5.74) is 3.40. The molecule has 0 aliphatic carbocycles. The van der Waals surface area contributed by atoms with Gasteiger partial charge in [-0.3, -0.25) is 81.4 Å². The Labute approximate surface area is 826 Å². The van der Waals surface area contributed by atoms with Gasteiger partial charge in [0.05, 0.1) is 101 Å². The highest BCUT2D eigenvalue weighted by atomic mass is 35.5. The van der Waals surface area contributed by atoms with Crippen LogP contribution < -0.4 is 50.4 Å². The predicted octanol–water partition coefficient (Wildman–Crippen LogP) is 12.3. The lowest BCUT2D eigenvalue weighted by molar-refractivity contribution is -0.135. The molecule has 5 saturated heterocycles. The maximum Gasteiger partial charge on any atom is 0.266 e. The lowest BCUT2D eigenvalue weighted by atomic mass is 10.1. The van der Waals surface area contributed by atoms with Crippen LogP contribution in [-0.4, -0.2) is 304 Å². The molecule has 35 heteroatoms. The number of para-hydroxylation sites is 3. The van der Waals surface area contributed by atoms with Crippen molar-refractivity contribution >= 4 is 103 Å². The van der Waals surface area contributed by atoms with Crippen molar-refractivity contribution in [1.82, 2.24) is 78.1 Å². The van der Waals surface area contributed by atoms with Crippen molar-refractivity contribution in [2.75, 3.05) is 178 Å². The molecule has 8 heterocycles. The van der Waals surface area contributed by atoms with Crippen LogP contribution in [0.1, 0.15) is 90.1 Å². The average Bonchev–Trinajstić information content (AvgIpc) is 0.765. The van der Waals surface area contributed by atoms with Crippen molar-refractivity contribution in [3.05, 3.63) is 280 Å². The fourth-order valence-corrected chi connectivity index (χ4v) is 17.5. The number of nitrogens with one attached hydrogen (secondary N) is 1. The molecule has 0 spiro atoms. The summed E-state index contributed by atoms with van der Waals surface area (Å²) < 4.78 is 53.4. The number of Topliss-reactive ketones (excluding diaryl/α,β-unsaturated/α-hetero) is 3. The van der Waals surface area contributed by atoms with Crippen LogP contribution in [0.5, 0.6) is 34.5 Å². The van der Waals surface area contributed by atoms with E-state index in [1.807, 2.05) is 84.0 Å². The Kier molecular flexibility index (Phi) is 34.7. The van der Waals surface area contributed by atoms with E-state index in [4.69, 9.17) is 78.2 Å². The number of nitrogens with zero attached hydrogens (tertiary/aromatic N) is 15. The quantitative estimate of drug-likeness (QED) is 0.0383. The third kappa shape index (κ3) is 26.4. The molecule has 0 radical (unpaired) electrons. The zero-order valence-electron chi connectivity index (χ0n) is 79.6. The third-order valence-corrected chi connectivity index (χ3v) is 25.4. The Hall–Kier alpha value is -12.9. The van der Waals surface area contributed by atoms with Gasteiger partial charge in [-0.15, -0.1) is 0 Å². The van der Waals surface area contributed by atoms with Crippen LogP contribution in [0.4, 0.5) is 4.39 Å². The Balaban J connectivity index is 0.000000159. The molecule has 3 aromatic heterocycles. The first kappa shape index (κ1) is 102. The number of carbonyl (C=O) groups is 6. The predicted molar refractivity (Wildman–Crippen MR) is 538 cm³/mol. The Morgan fingerprint density at radius 3 is 0.921 bits per heavy atom. The van der Waals surface area contributed by atoms with E-state index in [9.17, 15) is 47.5 Å². The van der Waals surface area contributed by atoms with E-state index in [2.05, 4.69) is 41.8 Å². The second kappa shape index (κ2) is 47.9. The number of ketones is 3. The van der Waals surface area contributed by atoms with E-state index in [1.165, 1.54) is 16.7 Å². The van der Waals surface area contributed by atoms with Crippen LogP contribution in [-0.2, 0) is 34.0 Å². The maximum absolute atomic E-state index is 14.3. The van der Waals surface area contributed by atoms with Gasteiger partial charge in [-0.05, 0) is 212 Å². The molecular weight excluding hydrogens is 1850 g/mol. The second-order valence-electron chi connectivity index (χ2n) is 35.8. The summed E-state index contributed by atoms with van der Waals surface area (Å²) in [6.07, 6.45) is -0.538. The van der Waals surface area contributed by atoms with Gasteiger partial charge in [0, 0.05) is 163 Å². The highest BCUT2D eigenvalue weighted by Crippen LogP contribution is 2.33. The number of hydrogen-bond acceptors (Lipinski definition) is 25. The van der Waals surface area contributed by atoms with Crippen molar-refractivity contribution < 1.29 is 61.6 Å². The molecule has 12 aromatic rings. The van der Waals surface area contributed by atoms with Gasteiger partial charge in [0.1, 0.15) is 52.0 Å². The van der Waals surface area contributed by atoms with Crippen LogP contribution in [0.3, 0.4) is 0 Å². The molecule has 3 amide bonds. The first-order valence-electron chi connectivity index (χ1n) is 47.2. The molecule has 140 heavy (non-hydrogen) atoms. The first-order chi connectivity index (χ1) is 67.6. The van der Waals surface area contributed by atoms with Crippen molar-refractivity contribution in [2.24, 2.45) is 0 Å². The van der Waals surface area contributed by atoms with E-state index in [0.717, 1.165) is 52.4 Å². The minimum atomic E-state index is -1.16. The van der Waals surface area contributed by atoms with Gasteiger partial charge < -0.3 is 53.3 Å². The number of alkyl halides is 1. The van der Waals surface area contributed by atoms with E-state index < -0.39 is 12.5 Å². The first-order valence-corrected chi connectivity index (χ1v) is 48.4. The lowest BCUT2D eigenvalue weighted by Crippen LogP contribution is -2.50. The molecule has 0 saturated carbocycles. The molecule has 31 nitrogen and oxygen atoms in total. The Morgan fingerprint density at radius 1 is 0.350 bits per heavy atom. The van der Waals surface area contributed by atoms with Gasteiger partial charge in [0.15, 0.2) is 43.8 Å². The number of aromatic nitrogens is 6. The molecule has 1 N–H and O–H groups in total. The van der Waals surface area contributed by atoms with Crippen molar-refractivity contribution in [1.29, 1.82) is 0 Å². The monoisotopic (exact) mass is 1960 g/mol. The normalized spacial score (nSPS) is 15.4. The lowest BCUT2D eigenvalue weighted by Gasteiger charge is -2.34. The molecule has 5 aliphatic heterocycles. The van der Waals surface area contributed by atoms with E-state index in [0.29, 0.717) is 239 Å². The summed E-state index contributed by atoms with van der Waals surface area (Å²) in [7, 11) is 2.09. The fraction of sp³-hybridized carbons (Fsp3) is 0.371. The number of hydrogen-bond donors (Lipinski definition) is 1. The van der Waals surface area contributed by atoms with Gasteiger partial charge in [-0.2, -0.15) is 0 Å². The zero-order valence-corrected chi connectivity index (χ0v) is 81.9. The Bertz CT molecular complexity index is 6590. The molecule has 9 aromatic carbocycles. The van der Waals surface area contributed by atoms with Crippen molar-refractivity contribution in [3.8, 4) is 51.6 Å². The number of rotatable bonds is 32. The van der Waals surface area contributed by atoms with Crippen LogP contribution in [0, 0.1) is 0 Å². The largest absolute Gasteiger partial charge is 0.489 e. The van der Waals surface area contributed by atoms with E-state index in [1.54, 1.807) is 169 Å². The van der Waals surface area contributed by atoms with Crippen molar-refractivity contribution in [2.45, 2.75) is 79.5 Å². The smallest absolute Gasteiger partial charge is 0.266 e. The van der Waals surface area contributed by atoms with Gasteiger partial charge in [-0.1, -0.05) is 71.2 Å². The van der Waals surface area contributed by atoms with Gasteiger partial charge in [0.25, 0.3) is 34.4 Å². The molecule has 5 fully saturated rings. The number of piperazine rings is 5. The number of ether oxygens (including phenoxy) is 6. The topological polar surface area (TPSA) is 304 Å². The fourth-order valence-electron chi connectivity index (χ4n) is 17.2. The minimum Gasteiger partial charge on any atom is -0.489 e. The standard InChI is InChI=1S/C37H43ClN6O5.C36H41ClN6O5.C32H32ClFN4O5/c1-26(2)49-34-13-8-27(33(45)23-41-16-14-40(3)15-17-41)22-32(34)44-35(39-31-7-5-4-6-30(31)37(44)47)24-42-18-20-43(21-19-42)36(46)25-48-29-11-9-28(38)10-12-29;1-25(2)48-33-12-7-26(32(44)22-40-15-13-38-14-16-40)21-31(33)43-34(39-30-6-4-3-5-29(30)36(43)46)23-41-17-19-42(20-18-41)35(45)24-47-28-10-8-27(37)9-11-28;1-21(2)43-29-12-7-22(28(39)18-34)17-27(29)38-30(35-26-6-4-3-5-25(26)32(38)41)19-36-13-15-37(16-14-36)31(40)20-42-24-10-8-23(33)9-11-24/h4-13,22,26H,14-21,23-25H2,1-3H3;3-12,21,25,38H,13-20,22-24H2,1-2H3;3-12,17,21H,13-16,18-20H2,1-2H3. The van der Waals surface area contributed by atoms with Gasteiger partial charge in [-0.25, -0.2) is 19.3 Å². The average molecular weight is 1970 g/mol.